The highest BCUT2D eigenvalue weighted by molar-refractivity contribution is 5.78. The maximum absolute atomic E-state index is 5.84. The van der Waals surface area contributed by atoms with Crippen molar-refractivity contribution in [2.24, 2.45) is 0 Å². The Morgan fingerprint density at radius 3 is 3.00 bits per heavy atom. The van der Waals surface area contributed by atoms with Crippen molar-refractivity contribution in [2.45, 2.75) is 38.6 Å². The van der Waals surface area contributed by atoms with Gasteiger partial charge in [-0.1, -0.05) is 13.8 Å². The summed E-state index contributed by atoms with van der Waals surface area (Å²) in [6.07, 6.45) is 4.34. The molecule has 1 N–H and O–H groups in total. The molecular weight excluding hydrogens is 252 g/mol. The number of hydrogen-bond acceptors (Lipinski definition) is 4. The van der Waals surface area contributed by atoms with E-state index in [1.165, 1.54) is 12.8 Å². The van der Waals surface area contributed by atoms with Gasteiger partial charge in [0.2, 0.25) is 0 Å². The average Bonchev–Trinajstić information content (AvgIpc) is 3.03. The number of hydrogen-bond donors (Lipinski definition) is 1. The van der Waals surface area contributed by atoms with Crippen LogP contribution in [0.1, 0.15) is 38.3 Å². The molecule has 5 heteroatoms. The van der Waals surface area contributed by atoms with Crippen LogP contribution in [0.25, 0.3) is 11.0 Å². The molecule has 0 spiro atoms. The average molecular weight is 274 g/mol. The first-order valence-corrected chi connectivity index (χ1v) is 7.33. The van der Waals surface area contributed by atoms with E-state index in [9.17, 15) is 0 Å². The highest BCUT2D eigenvalue weighted by Crippen LogP contribution is 2.24. The molecule has 0 saturated carbocycles. The van der Waals surface area contributed by atoms with E-state index in [1.807, 2.05) is 12.3 Å². The molecule has 1 aliphatic rings. The van der Waals surface area contributed by atoms with Crippen molar-refractivity contribution in [3.63, 3.8) is 0 Å². The number of rotatable bonds is 4. The predicted molar refractivity (Wildman–Crippen MR) is 79.1 cm³/mol. The van der Waals surface area contributed by atoms with Crippen molar-refractivity contribution >= 4 is 11.0 Å². The molecule has 1 fully saturated rings. The minimum atomic E-state index is 0.354. The highest BCUT2D eigenvalue weighted by Gasteiger charge is 2.22. The Bertz CT molecular complexity index is 593. The fourth-order valence-electron chi connectivity index (χ4n) is 2.81. The Balaban J connectivity index is 1.80. The number of nitrogens with one attached hydrogen (secondary N) is 1. The first kappa shape index (κ1) is 13.4. The summed E-state index contributed by atoms with van der Waals surface area (Å²) in [4.78, 5) is 14.5. The summed E-state index contributed by atoms with van der Waals surface area (Å²) in [6, 6.07) is 3.00. The molecule has 108 valence electrons. The lowest BCUT2D eigenvalue weighted by molar-refractivity contribution is 0.188. The third-order valence-corrected chi connectivity index (χ3v) is 4.05. The van der Waals surface area contributed by atoms with Gasteiger partial charge in [0, 0.05) is 17.6 Å². The van der Waals surface area contributed by atoms with Gasteiger partial charge in [0.15, 0.2) is 0 Å². The van der Waals surface area contributed by atoms with E-state index < -0.39 is 0 Å². The topological polar surface area (TPSA) is 54.0 Å². The third kappa shape index (κ3) is 2.50. The normalized spacial score (nSPS) is 20.1. The quantitative estimate of drug-likeness (QED) is 0.931. The molecule has 2 aromatic heterocycles. The second-order valence-electron chi connectivity index (χ2n) is 5.87. The number of aromatic nitrogens is 3. The van der Waals surface area contributed by atoms with Crippen molar-refractivity contribution in [1.82, 2.24) is 19.9 Å². The molecule has 1 unspecified atom stereocenters. The molecule has 0 amide bonds. The SMILES string of the molecule is CC(C)c1nc(OCC2CCCN2C)nc2[nH]ccc12. The monoisotopic (exact) mass is 274 g/mol. The number of fused-ring (bicyclic) bond motifs is 1. The first-order chi connectivity index (χ1) is 9.65. The summed E-state index contributed by atoms with van der Waals surface area (Å²) in [5, 5.41) is 1.09. The van der Waals surface area contributed by atoms with Gasteiger partial charge in [0.25, 0.3) is 0 Å². The van der Waals surface area contributed by atoms with Crippen LogP contribution >= 0.6 is 0 Å². The smallest absolute Gasteiger partial charge is 0.318 e. The van der Waals surface area contributed by atoms with Gasteiger partial charge in [-0.15, -0.1) is 0 Å². The number of likely N-dealkylation sites (tertiary alicyclic amines) is 1. The van der Waals surface area contributed by atoms with E-state index >= 15 is 0 Å². The standard InChI is InChI=1S/C15H22N4O/c1-10(2)13-12-6-7-16-14(12)18-15(17-13)20-9-11-5-4-8-19(11)3/h6-7,10-11H,4-5,8-9H2,1-3H3,(H,16,17,18). The minimum Gasteiger partial charge on any atom is -0.462 e. The predicted octanol–water partition coefficient (Wildman–Crippen LogP) is 2.55. The van der Waals surface area contributed by atoms with E-state index in [4.69, 9.17) is 4.74 Å². The van der Waals surface area contributed by atoms with E-state index in [0.29, 0.717) is 24.6 Å². The lowest BCUT2D eigenvalue weighted by Gasteiger charge is -2.19. The lowest BCUT2D eigenvalue weighted by Crippen LogP contribution is -2.30. The van der Waals surface area contributed by atoms with Crippen molar-refractivity contribution in [2.75, 3.05) is 20.2 Å². The van der Waals surface area contributed by atoms with Crippen LogP contribution < -0.4 is 4.74 Å². The Morgan fingerprint density at radius 2 is 2.30 bits per heavy atom. The van der Waals surface area contributed by atoms with E-state index in [1.54, 1.807) is 0 Å². The maximum Gasteiger partial charge on any atom is 0.318 e. The number of H-pyrrole nitrogens is 1. The molecule has 20 heavy (non-hydrogen) atoms. The molecule has 2 aromatic rings. The van der Waals surface area contributed by atoms with Crippen LogP contribution in [0.5, 0.6) is 6.01 Å². The molecule has 0 bridgehead atoms. The van der Waals surface area contributed by atoms with Gasteiger partial charge in [-0.25, -0.2) is 0 Å². The van der Waals surface area contributed by atoms with Gasteiger partial charge >= 0.3 is 6.01 Å². The first-order valence-electron chi connectivity index (χ1n) is 7.33. The van der Waals surface area contributed by atoms with Crippen LogP contribution in [0.4, 0.5) is 0 Å². The highest BCUT2D eigenvalue weighted by atomic mass is 16.5. The van der Waals surface area contributed by atoms with Gasteiger partial charge in [0.1, 0.15) is 12.3 Å². The largest absolute Gasteiger partial charge is 0.462 e. The van der Waals surface area contributed by atoms with Gasteiger partial charge in [-0.05, 0) is 38.4 Å². The molecule has 3 heterocycles. The van der Waals surface area contributed by atoms with Crippen molar-refractivity contribution < 1.29 is 4.74 Å². The van der Waals surface area contributed by atoms with Crippen LogP contribution in [0.15, 0.2) is 12.3 Å². The van der Waals surface area contributed by atoms with Gasteiger partial charge in [0.05, 0.1) is 5.69 Å². The molecule has 0 aliphatic carbocycles. The molecule has 3 rings (SSSR count). The maximum atomic E-state index is 5.84. The molecule has 1 saturated heterocycles. The van der Waals surface area contributed by atoms with Gasteiger partial charge in [-0.3, -0.25) is 0 Å². The summed E-state index contributed by atoms with van der Waals surface area (Å²) in [6.45, 7) is 6.11. The summed E-state index contributed by atoms with van der Waals surface area (Å²) in [5.41, 5.74) is 1.91. The molecule has 5 nitrogen and oxygen atoms in total. The summed E-state index contributed by atoms with van der Waals surface area (Å²) < 4.78 is 5.84. The summed E-state index contributed by atoms with van der Waals surface area (Å²) in [7, 11) is 2.15. The third-order valence-electron chi connectivity index (χ3n) is 4.05. The van der Waals surface area contributed by atoms with Crippen LogP contribution in [-0.2, 0) is 0 Å². The number of aromatic amines is 1. The van der Waals surface area contributed by atoms with Crippen molar-refractivity contribution in [1.29, 1.82) is 0 Å². The number of ether oxygens (including phenoxy) is 1. The molecule has 1 aliphatic heterocycles. The summed E-state index contributed by atoms with van der Waals surface area (Å²) >= 11 is 0. The van der Waals surface area contributed by atoms with Crippen molar-refractivity contribution in [3.8, 4) is 6.01 Å². The van der Waals surface area contributed by atoms with Crippen LogP contribution in [0.2, 0.25) is 0 Å². The van der Waals surface area contributed by atoms with E-state index in [-0.39, 0.29) is 0 Å². The second-order valence-corrected chi connectivity index (χ2v) is 5.87. The molecule has 0 aromatic carbocycles. The van der Waals surface area contributed by atoms with E-state index in [0.717, 1.165) is 23.3 Å². The Labute approximate surface area is 119 Å². The number of likely N-dealkylation sites (N-methyl/N-ethyl adjacent to an activating group) is 1. The van der Waals surface area contributed by atoms with E-state index in [2.05, 4.69) is 40.7 Å². The zero-order valence-electron chi connectivity index (χ0n) is 12.4. The van der Waals surface area contributed by atoms with Crippen LogP contribution in [-0.4, -0.2) is 46.1 Å². The van der Waals surface area contributed by atoms with Crippen LogP contribution in [0, 0.1) is 0 Å². The molecule has 0 radical (unpaired) electrons. The zero-order valence-corrected chi connectivity index (χ0v) is 12.4. The fraction of sp³-hybridized carbons (Fsp3) is 0.600. The Hall–Kier alpha value is -1.62. The number of nitrogens with zero attached hydrogens (tertiary/aromatic N) is 3. The lowest BCUT2D eigenvalue weighted by atomic mass is 10.1. The Kier molecular flexibility index (Phi) is 3.61. The van der Waals surface area contributed by atoms with Crippen molar-refractivity contribution in [3.05, 3.63) is 18.0 Å². The Morgan fingerprint density at radius 1 is 1.45 bits per heavy atom. The fourth-order valence-corrected chi connectivity index (χ4v) is 2.81. The molecule has 1 atom stereocenters. The zero-order chi connectivity index (χ0) is 14.1. The van der Waals surface area contributed by atoms with Gasteiger partial charge in [-0.2, -0.15) is 9.97 Å². The van der Waals surface area contributed by atoms with Gasteiger partial charge < -0.3 is 14.6 Å². The second kappa shape index (κ2) is 5.40. The molecular formula is C15H22N4O. The minimum absolute atomic E-state index is 0.354. The summed E-state index contributed by atoms with van der Waals surface area (Å²) in [5.74, 6) is 0.354. The van der Waals surface area contributed by atoms with Crippen LogP contribution in [0.3, 0.4) is 0 Å².